The number of nitrogens with zero attached hydrogens (tertiary/aromatic N) is 3. The molecule has 0 saturated carbocycles. The van der Waals surface area contributed by atoms with Gasteiger partial charge in [-0.25, -0.2) is 9.97 Å². The Kier molecular flexibility index (Phi) is 2.92. The van der Waals surface area contributed by atoms with Crippen molar-refractivity contribution in [3.63, 3.8) is 0 Å². The van der Waals surface area contributed by atoms with Crippen molar-refractivity contribution in [2.45, 2.75) is 19.4 Å². The van der Waals surface area contributed by atoms with Crippen molar-refractivity contribution in [2.24, 2.45) is 5.92 Å². The average molecular weight is 232 g/mol. The van der Waals surface area contributed by atoms with E-state index >= 15 is 0 Å². The molecule has 0 aliphatic carbocycles. The molecule has 2 aromatic heterocycles. The second kappa shape index (κ2) is 4.71. The van der Waals surface area contributed by atoms with Gasteiger partial charge in [0.15, 0.2) is 5.82 Å². The van der Waals surface area contributed by atoms with Gasteiger partial charge in [-0.05, 0) is 18.8 Å². The predicted molar refractivity (Wildman–Crippen MR) is 63.4 cm³/mol. The normalized spacial score (nSPS) is 17.4. The molecule has 1 fully saturated rings. The van der Waals surface area contributed by atoms with E-state index in [9.17, 15) is 0 Å². The van der Waals surface area contributed by atoms with Gasteiger partial charge in [0, 0.05) is 32.2 Å². The fourth-order valence-electron chi connectivity index (χ4n) is 2.29. The van der Waals surface area contributed by atoms with E-state index in [0.29, 0.717) is 5.92 Å². The zero-order valence-corrected chi connectivity index (χ0v) is 9.67. The van der Waals surface area contributed by atoms with Crippen molar-refractivity contribution in [3.05, 3.63) is 24.9 Å². The molecule has 3 heterocycles. The largest absolute Gasteiger partial charge is 0.381 e. The third kappa shape index (κ3) is 2.24. The van der Waals surface area contributed by atoms with Crippen LogP contribution in [0.4, 0.5) is 0 Å². The first-order valence-electron chi connectivity index (χ1n) is 6.01. The summed E-state index contributed by atoms with van der Waals surface area (Å²) in [4.78, 5) is 11.5. The molecule has 1 N–H and O–H groups in total. The Hall–Kier alpha value is -1.62. The summed E-state index contributed by atoms with van der Waals surface area (Å²) in [7, 11) is 0. The second-order valence-electron chi connectivity index (χ2n) is 4.42. The molecular weight excluding hydrogens is 216 g/mol. The number of aromatic amines is 1. The molecule has 0 aromatic carbocycles. The molecule has 0 unspecified atom stereocenters. The lowest BCUT2D eigenvalue weighted by Gasteiger charge is -2.22. The van der Waals surface area contributed by atoms with Gasteiger partial charge in [-0.1, -0.05) is 0 Å². The van der Waals surface area contributed by atoms with Crippen LogP contribution in [0.15, 0.2) is 24.9 Å². The average Bonchev–Trinajstić information content (AvgIpc) is 3.00. The Balaban J connectivity index is 1.77. The first-order chi connectivity index (χ1) is 8.43. The van der Waals surface area contributed by atoms with Gasteiger partial charge in [0.05, 0.1) is 12.5 Å². The van der Waals surface area contributed by atoms with E-state index in [1.54, 1.807) is 6.33 Å². The minimum Gasteiger partial charge on any atom is -0.381 e. The van der Waals surface area contributed by atoms with Crippen LogP contribution in [-0.4, -0.2) is 32.7 Å². The maximum Gasteiger partial charge on any atom is 0.158 e. The van der Waals surface area contributed by atoms with Gasteiger partial charge in [-0.2, -0.15) is 0 Å². The van der Waals surface area contributed by atoms with Crippen LogP contribution < -0.4 is 0 Å². The predicted octanol–water partition coefficient (Wildman–Crippen LogP) is 1.70. The molecule has 0 radical (unpaired) electrons. The molecule has 3 rings (SSSR count). The number of rotatable bonds is 3. The molecule has 2 aromatic rings. The first-order valence-corrected chi connectivity index (χ1v) is 6.01. The van der Waals surface area contributed by atoms with Crippen molar-refractivity contribution in [3.8, 4) is 11.5 Å². The van der Waals surface area contributed by atoms with Crippen molar-refractivity contribution < 1.29 is 4.74 Å². The first kappa shape index (κ1) is 10.5. The topological polar surface area (TPSA) is 55.7 Å². The smallest absolute Gasteiger partial charge is 0.158 e. The van der Waals surface area contributed by atoms with Crippen molar-refractivity contribution in [2.75, 3.05) is 13.2 Å². The molecule has 5 nitrogen and oxygen atoms in total. The maximum absolute atomic E-state index is 5.38. The van der Waals surface area contributed by atoms with Crippen molar-refractivity contribution in [1.82, 2.24) is 19.5 Å². The molecule has 5 heteroatoms. The number of hydrogen-bond acceptors (Lipinski definition) is 3. The number of aromatic nitrogens is 4. The lowest BCUT2D eigenvalue weighted by molar-refractivity contribution is 0.0614. The highest BCUT2D eigenvalue weighted by atomic mass is 16.5. The van der Waals surface area contributed by atoms with Crippen LogP contribution in [-0.2, 0) is 11.3 Å². The van der Waals surface area contributed by atoms with E-state index in [-0.39, 0.29) is 0 Å². The Labute approximate surface area is 99.9 Å². The summed E-state index contributed by atoms with van der Waals surface area (Å²) in [6.45, 7) is 2.79. The van der Waals surface area contributed by atoms with Crippen LogP contribution in [0.1, 0.15) is 12.8 Å². The lowest BCUT2D eigenvalue weighted by atomic mass is 10.0. The van der Waals surface area contributed by atoms with Crippen LogP contribution in [0.5, 0.6) is 0 Å². The summed E-state index contributed by atoms with van der Waals surface area (Å²) >= 11 is 0. The molecule has 17 heavy (non-hydrogen) atoms. The van der Waals surface area contributed by atoms with E-state index in [1.807, 2.05) is 18.6 Å². The summed E-state index contributed by atoms with van der Waals surface area (Å²) in [5, 5.41) is 0. The Bertz CT molecular complexity index is 457. The molecule has 0 atom stereocenters. The monoisotopic (exact) mass is 232 g/mol. The standard InChI is InChI=1S/C12H16N4O/c1-5-17-6-2-10(1)8-16-4-3-14-12(16)11-7-13-9-15-11/h3-4,7,9-10H,1-2,5-6,8H2,(H,13,15). The molecule has 90 valence electrons. The molecule has 0 amide bonds. The fraction of sp³-hybridized carbons (Fsp3) is 0.500. The van der Waals surface area contributed by atoms with Crippen LogP contribution >= 0.6 is 0 Å². The van der Waals surface area contributed by atoms with Crippen LogP contribution in [0.3, 0.4) is 0 Å². The van der Waals surface area contributed by atoms with E-state index < -0.39 is 0 Å². The molecular formula is C12H16N4O. The minimum atomic E-state index is 0.694. The van der Waals surface area contributed by atoms with E-state index in [2.05, 4.69) is 19.5 Å². The summed E-state index contributed by atoms with van der Waals surface area (Å²) in [5.41, 5.74) is 0.974. The molecule has 0 bridgehead atoms. The zero-order chi connectivity index (χ0) is 11.5. The van der Waals surface area contributed by atoms with Crippen LogP contribution in [0.2, 0.25) is 0 Å². The Morgan fingerprint density at radius 1 is 1.41 bits per heavy atom. The third-order valence-corrected chi connectivity index (χ3v) is 3.25. The Morgan fingerprint density at radius 3 is 3.06 bits per heavy atom. The number of imidazole rings is 2. The number of nitrogens with one attached hydrogen (secondary N) is 1. The summed E-state index contributed by atoms with van der Waals surface area (Å²) in [6, 6.07) is 0. The summed E-state index contributed by atoms with van der Waals surface area (Å²) < 4.78 is 7.58. The number of H-pyrrole nitrogens is 1. The maximum atomic E-state index is 5.38. The van der Waals surface area contributed by atoms with Crippen LogP contribution in [0.25, 0.3) is 11.5 Å². The second-order valence-corrected chi connectivity index (χ2v) is 4.42. The Morgan fingerprint density at radius 2 is 2.29 bits per heavy atom. The van der Waals surface area contributed by atoms with Gasteiger partial charge in [-0.15, -0.1) is 0 Å². The molecule has 1 aliphatic rings. The minimum absolute atomic E-state index is 0.694. The summed E-state index contributed by atoms with van der Waals surface area (Å²) in [5.74, 6) is 1.66. The van der Waals surface area contributed by atoms with Gasteiger partial charge in [0.25, 0.3) is 0 Å². The van der Waals surface area contributed by atoms with Crippen molar-refractivity contribution >= 4 is 0 Å². The van der Waals surface area contributed by atoms with Gasteiger partial charge in [0.1, 0.15) is 5.69 Å². The number of ether oxygens (including phenoxy) is 1. The molecule has 1 saturated heterocycles. The SMILES string of the molecule is c1cn(CC2CCOCC2)c(-c2cnc[nH]2)n1. The highest BCUT2D eigenvalue weighted by molar-refractivity contribution is 5.47. The summed E-state index contributed by atoms with van der Waals surface area (Å²) in [6.07, 6.45) is 9.65. The highest BCUT2D eigenvalue weighted by Crippen LogP contribution is 2.20. The van der Waals surface area contributed by atoms with Gasteiger partial charge in [0.2, 0.25) is 0 Å². The third-order valence-electron chi connectivity index (χ3n) is 3.25. The lowest BCUT2D eigenvalue weighted by Crippen LogP contribution is -2.20. The fourth-order valence-corrected chi connectivity index (χ4v) is 2.29. The van der Waals surface area contributed by atoms with Crippen LogP contribution in [0, 0.1) is 5.92 Å². The van der Waals surface area contributed by atoms with E-state index in [1.165, 1.54) is 0 Å². The molecule has 1 aliphatic heterocycles. The van der Waals surface area contributed by atoms with Crippen molar-refractivity contribution in [1.29, 1.82) is 0 Å². The van der Waals surface area contributed by atoms with Gasteiger partial charge >= 0.3 is 0 Å². The molecule has 0 spiro atoms. The van der Waals surface area contributed by atoms with E-state index in [0.717, 1.165) is 44.1 Å². The quantitative estimate of drug-likeness (QED) is 0.876. The highest BCUT2D eigenvalue weighted by Gasteiger charge is 2.16. The van der Waals surface area contributed by atoms with Gasteiger partial charge in [-0.3, -0.25) is 0 Å². The van der Waals surface area contributed by atoms with E-state index in [4.69, 9.17) is 4.74 Å². The zero-order valence-electron chi connectivity index (χ0n) is 9.67. The number of hydrogen-bond donors (Lipinski definition) is 1. The van der Waals surface area contributed by atoms with Gasteiger partial charge < -0.3 is 14.3 Å².